The minimum atomic E-state index is -0.898. The number of phenolic OH excluding ortho intramolecular Hbond substituents is 2. The molecule has 0 heterocycles. The first-order chi connectivity index (χ1) is 12.0. The summed E-state index contributed by atoms with van der Waals surface area (Å²) in [6, 6.07) is 3.97. The number of halogens is 4. The molecule has 0 aliphatic heterocycles. The first kappa shape index (κ1) is 20.1. The lowest BCUT2D eigenvalue weighted by Gasteiger charge is -2.13. The molecule has 12 heteroatoms. The lowest BCUT2D eigenvalue weighted by atomic mass is 9.96. The van der Waals surface area contributed by atoms with Gasteiger partial charge in [-0.05, 0) is 12.1 Å². The monoisotopic (exact) mass is 438 g/mol. The molecule has 0 unspecified atom stereocenters. The Morgan fingerprint density at radius 2 is 1.15 bits per heavy atom. The topological polar surface area (TPSA) is 127 Å². The Hall–Kier alpha value is -2.26. The standard InChI is InChI=1S/C14H6Cl4N2O6/c15-5-1-7(12(21)9(3-5)19(23)24)11(14(17)18)8-2-6(16)4-10(13(8)22)20(25)26/h1-4,21-22H. The smallest absolute Gasteiger partial charge is 0.312 e. The SMILES string of the molecule is O=[N+]([O-])c1cc(Cl)cc(C(=C(Cl)Cl)c2cc(Cl)cc([N+](=O)[O-])c2O)c1O. The number of phenols is 2. The van der Waals surface area contributed by atoms with E-state index >= 15 is 0 Å². The highest BCUT2D eigenvalue weighted by Gasteiger charge is 2.28. The Morgan fingerprint density at radius 3 is 1.42 bits per heavy atom. The van der Waals surface area contributed by atoms with E-state index in [0.29, 0.717) is 0 Å². The molecule has 0 bridgehead atoms. The summed E-state index contributed by atoms with van der Waals surface area (Å²) in [6.07, 6.45) is 0. The highest BCUT2D eigenvalue weighted by atomic mass is 35.5. The van der Waals surface area contributed by atoms with Crippen molar-refractivity contribution in [2.45, 2.75) is 0 Å². The summed E-state index contributed by atoms with van der Waals surface area (Å²) in [5.41, 5.74) is -2.49. The quantitative estimate of drug-likeness (QED) is 0.483. The molecule has 0 fully saturated rings. The minimum absolute atomic E-state index is 0.146. The molecule has 0 saturated heterocycles. The molecular weight excluding hydrogens is 434 g/mol. The molecule has 2 aromatic rings. The van der Waals surface area contributed by atoms with E-state index in [1.165, 1.54) is 0 Å². The number of hydrogen-bond donors (Lipinski definition) is 2. The van der Waals surface area contributed by atoms with Gasteiger partial charge in [0.2, 0.25) is 11.5 Å². The number of nitro benzene ring substituents is 2. The molecule has 2 N–H and O–H groups in total. The molecule has 8 nitrogen and oxygen atoms in total. The van der Waals surface area contributed by atoms with Crippen LogP contribution in [0.25, 0.3) is 5.57 Å². The summed E-state index contributed by atoms with van der Waals surface area (Å²) in [7, 11) is 0. The van der Waals surface area contributed by atoms with Gasteiger partial charge in [0, 0.05) is 38.9 Å². The van der Waals surface area contributed by atoms with E-state index in [2.05, 4.69) is 0 Å². The zero-order chi connectivity index (χ0) is 19.8. The number of rotatable bonds is 4. The predicted octanol–water partition coefficient (Wildman–Crippen LogP) is 5.42. The third-order valence-corrected chi connectivity index (χ3v) is 4.04. The van der Waals surface area contributed by atoms with Gasteiger partial charge < -0.3 is 10.2 Å². The van der Waals surface area contributed by atoms with Gasteiger partial charge in [-0.1, -0.05) is 46.4 Å². The maximum Gasteiger partial charge on any atom is 0.312 e. The fourth-order valence-electron chi connectivity index (χ4n) is 2.18. The van der Waals surface area contributed by atoms with Gasteiger partial charge in [0.25, 0.3) is 0 Å². The van der Waals surface area contributed by atoms with Crippen LogP contribution in [0, 0.1) is 20.2 Å². The van der Waals surface area contributed by atoms with E-state index < -0.39 is 37.2 Å². The molecule has 0 radical (unpaired) electrons. The largest absolute Gasteiger partial charge is 0.502 e. The Kier molecular flexibility index (Phi) is 5.82. The normalized spacial score (nSPS) is 10.5. The molecule has 0 aliphatic carbocycles. The highest BCUT2D eigenvalue weighted by Crippen LogP contribution is 2.46. The third-order valence-electron chi connectivity index (χ3n) is 3.23. The van der Waals surface area contributed by atoms with Crippen molar-refractivity contribution in [1.82, 2.24) is 0 Å². The van der Waals surface area contributed by atoms with E-state index in [4.69, 9.17) is 46.4 Å². The fraction of sp³-hybridized carbons (Fsp3) is 0. The Balaban J connectivity index is 2.90. The number of nitro groups is 2. The number of hydrogen-bond acceptors (Lipinski definition) is 6. The first-order valence-electron chi connectivity index (χ1n) is 6.44. The van der Waals surface area contributed by atoms with Crippen LogP contribution in [0.15, 0.2) is 28.8 Å². The second-order valence-corrected chi connectivity index (χ2v) is 6.61. The fourth-order valence-corrected chi connectivity index (χ4v) is 3.01. The summed E-state index contributed by atoms with van der Waals surface area (Å²) in [5, 5.41) is 42.2. The highest BCUT2D eigenvalue weighted by molar-refractivity contribution is 6.59. The Labute approximate surface area is 165 Å². The summed E-state index contributed by atoms with van der Waals surface area (Å²) in [6.45, 7) is 0. The van der Waals surface area contributed by atoms with Gasteiger partial charge in [-0.3, -0.25) is 20.2 Å². The maximum absolute atomic E-state index is 11.1. The lowest BCUT2D eigenvalue weighted by molar-refractivity contribution is -0.386. The van der Waals surface area contributed by atoms with Gasteiger partial charge in [0.15, 0.2) is 0 Å². The van der Waals surface area contributed by atoms with Crippen LogP contribution < -0.4 is 0 Å². The zero-order valence-corrected chi connectivity index (χ0v) is 15.3. The average Bonchev–Trinajstić information content (AvgIpc) is 2.52. The molecule has 2 rings (SSSR count). The van der Waals surface area contributed by atoms with Gasteiger partial charge in [0.1, 0.15) is 4.49 Å². The van der Waals surface area contributed by atoms with Crippen LogP contribution in [0.5, 0.6) is 11.5 Å². The molecule has 0 amide bonds. The lowest BCUT2D eigenvalue weighted by Crippen LogP contribution is -1.98. The molecule has 26 heavy (non-hydrogen) atoms. The molecule has 0 spiro atoms. The second-order valence-electron chi connectivity index (χ2n) is 4.79. The molecule has 0 saturated carbocycles. The van der Waals surface area contributed by atoms with Gasteiger partial charge in [-0.2, -0.15) is 0 Å². The molecular formula is C14H6Cl4N2O6. The Morgan fingerprint density at radius 1 is 0.808 bits per heavy atom. The van der Waals surface area contributed by atoms with Gasteiger partial charge in [-0.15, -0.1) is 0 Å². The first-order valence-corrected chi connectivity index (χ1v) is 7.95. The summed E-state index contributed by atoms with van der Waals surface area (Å²) in [4.78, 5) is 20.3. The predicted molar refractivity (Wildman–Crippen MR) is 97.3 cm³/mol. The summed E-state index contributed by atoms with van der Waals surface area (Å²) >= 11 is 23.3. The van der Waals surface area contributed by atoms with Gasteiger partial charge >= 0.3 is 11.4 Å². The van der Waals surface area contributed by atoms with Crippen molar-refractivity contribution in [2.75, 3.05) is 0 Å². The van der Waals surface area contributed by atoms with Crippen molar-refractivity contribution in [3.05, 3.63) is 70.2 Å². The third kappa shape index (κ3) is 3.78. The van der Waals surface area contributed by atoms with E-state index in [-0.39, 0.29) is 26.7 Å². The van der Waals surface area contributed by atoms with E-state index in [9.17, 15) is 30.4 Å². The summed E-state index contributed by atoms with van der Waals surface area (Å²) in [5.74, 6) is -1.70. The number of aromatic hydroxyl groups is 2. The van der Waals surface area contributed by atoms with Crippen LogP contribution in [-0.4, -0.2) is 20.1 Å². The second kappa shape index (κ2) is 7.55. The van der Waals surface area contributed by atoms with Crippen molar-refractivity contribution in [3.8, 4) is 11.5 Å². The average molecular weight is 440 g/mol. The van der Waals surface area contributed by atoms with Crippen LogP contribution in [0.3, 0.4) is 0 Å². The van der Waals surface area contributed by atoms with E-state index in [1.807, 2.05) is 0 Å². The van der Waals surface area contributed by atoms with E-state index in [0.717, 1.165) is 24.3 Å². The van der Waals surface area contributed by atoms with Crippen LogP contribution in [0.2, 0.25) is 10.0 Å². The minimum Gasteiger partial charge on any atom is -0.502 e. The molecule has 0 atom stereocenters. The molecule has 136 valence electrons. The van der Waals surface area contributed by atoms with Gasteiger partial charge in [-0.25, -0.2) is 0 Å². The number of benzene rings is 2. The molecule has 0 aliphatic rings. The van der Waals surface area contributed by atoms with Crippen molar-refractivity contribution in [2.24, 2.45) is 0 Å². The van der Waals surface area contributed by atoms with Crippen LogP contribution >= 0.6 is 46.4 Å². The number of nitrogens with zero attached hydrogens (tertiary/aromatic N) is 2. The van der Waals surface area contributed by atoms with Crippen LogP contribution in [0.4, 0.5) is 11.4 Å². The van der Waals surface area contributed by atoms with Crippen LogP contribution in [-0.2, 0) is 0 Å². The molecule has 2 aromatic carbocycles. The molecule has 0 aromatic heterocycles. The van der Waals surface area contributed by atoms with Crippen LogP contribution in [0.1, 0.15) is 11.1 Å². The Bertz CT molecular complexity index is 901. The van der Waals surface area contributed by atoms with Crippen molar-refractivity contribution in [3.63, 3.8) is 0 Å². The summed E-state index contributed by atoms with van der Waals surface area (Å²) < 4.78 is -0.552. The van der Waals surface area contributed by atoms with Crippen molar-refractivity contribution in [1.29, 1.82) is 0 Å². The maximum atomic E-state index is 11.1. The van der Waals surface area contributed by atoms with Gasteiger partial charge in [0.05, 0.1) is 9.85 Å². The van der Waals surface area contributed by atoms with E-state index in [1.54, 1.807) is 0 Å². The van der Waals surface area contributed by atoms with Crippen molar-refractivity contribution < 1.29 is 20.1 Å². The zero-order valence-electron chi connectivity index (χ0n) is 12.2. The van der Waals surface area contributed by atoms with Crippen molar-refractivity contribution >= 4 is 63.4 Å².